The number of guanidine groups is 1. The molecule has 28 heavy (non-hydrogen) atoms. The summed E-state index contributed by atoms with van der Waals surface area (Å²) in [6.07, 6.45) is 6.50. The summed E-state index contributed by atoms with van der Waals surface area (Å²) in [5.41, 5.74) is 0. The van der Waals surface area contributed by atoms with E-state index in [1.807, 2.05) is 24.6 Å². The van der Waals surface area contributed by atoms with Crippen LogP contribution in [0.25, 0.3) is 0 Å². The molecule has 1 fully saturated rings. The van der Waals surface area contributed by atoms with E-state index in [2.05, 4.69) is 38.7 Å². The molecular formula is C20H33N7O. The summed E-state index contributed by atoms with van der Waals surface area (Å²) in [7, 11) is 1.97. The quantitative estimate of drug-likeness (QED) is 0.390. The van der Waals surface area contributed by atoms with Crippen LogP contribution in [0, 0.1) is 6.92 Å². The molecule has 0 radical (unpaired) electrons. The third kappa shape index (κ3) is 5.34. The number of rotatable bonds is 9. The highest BCUT2D eigenvalue weighted by Gasteiger charge is 2.25. The fourth-order valence-corrected chi connectivity index (χ4v) is 3.43. The van der Waals surface area contributed by atoms with Gasteiger partial charge in [0.25, 0.3) is 0 Å². The van der Waals surface area contributed by atoms with E-state index in [0.717, 1.165) is 62.4 Å². The topological polar surface area (TPSA) is 83.5 Å². The summed E-state index contributed by atoms with van der Waals surface area (Å²) < 4.78 is 7.70. The van der Waals surface area contributed by atoms with E-state index in [9.17, 15) is 0 Å². The van der Waals surface area contributed by atoms with E-state index in [4.69, 9.17) is 9.41 Å². The van der Waals surface area contributed by atoms with E-state index < -0.39 is 0 Å². The molecule has 0 spiro atoms. The minimum Gasteiger partial charge on any atom is -0.468 e. The molecule has 1 saturated heterocycles. The first-order chi connectivity index (χ1) is 13.7. The van der Waals surface area contributed by atoms with E-state index in [-0.39, 0.29) is 6.04 Å². The number of aromatic nitrogens is 3. The summed E-state index contributed by atoms with van der Waals surface area (Å²) in [5.74, 6) is 3.57. The van der Waals surface area contributed by atoms with Gasteiger partial charge in [-0.2, -0.15) is 0 Å². The average molecular weight is 388 g/mol. The number of aryl methyl sites for hydroxylation is 1. The Bertz CT molecular complexity index is 732. The Kier molecular flexibility index (Phi) is 7.47. The fourth-order valence-electron chi connectivity index (χ4n) is 3.43. The molecule has 2 aromatic heterocycles. The van der Waals surface area contributed by atoms with Gasteiger partial charge in [0.1, 0.15) is 18.1 Å². The zero-order valence-corrected chi connectivity index (χ0v) is 17.3. The van der Waals surface area contributed by atoms with Crippen LogP contribution in [0.5, 0.6) is 0 Å². The second kappa shape index (κ2) is 10.3. The summed E-state index contributed by atoms with van der Waals surface area (Å²) in [4.78, 5) is 7.23. The lowest BCUT2D eigenvalue weighted by Crippen LogP contribution is -2.43. The van der Waals surface area contributed by atoms with Gasteiger partial charge in [-0.05, 0) is 51.4 Å². The Hall–Kier alpha value is -2.35. The molecule has 0 saturated carbocycles. The molecule has 3 rings (SSSR count). The van der Waals surface area contributed by atoms with E-state index >= 15 is 0 Å². The van der Waals surface area contributed by atoms with Crippen LogP contribution < -0.4 is 10.6 Å². The highest BCUT2D eigenvalue weighted by Crippen LogP contribution is 2.24. The lowest BCUT2D eigenvalue weighted by Gasteiger charge is -2.26. The zero-order valence-electron chi connectivity index (χ0n) is 17.3. The van der Waals surface area contributed by atoms with Crippen LogP contribution in [-0.4, -0.2) is 51.8 Å². The second-order valence-corrected chi connectivity index (χ2v) is 7.32. The maximum atomic E-state index is 5.72. The molecule has 1 aliphatic heterocycles. The van der Waals surface area contributed by atoms with Crippen LogP contribution in [0.4, 0.5) is 0 Å². The van der Waals surface area contributed by atoms with Crippen LogP contribution in [0.3, 0.4) is 0 Å². The number of hydrogen-bond acceptors (Lipinski definition) is 5. The van der Waals surface area contributed by atoms with Crippen molar-refractivity contribution in [2.45, 2.75) is 52.1 Å². The summed E-state index contributed by atoms with van der Waals surface area (Å²) >= 11 is 0. The molecule has 8 nitrogen and oxygen atoms in total. The van der Waals surface area contributed by atoms with Crippen molar-refractivity contribution in [2.75, 3.05) is 26.2 Å². The molecule has 1 atom stereocenters. The first kappa shape index (κ1) is 20.4. The van der Waals surface area contributed by atoms with E-state index in [1.54, 1.807) is 6.26 Å². The molecule has 0 aliphatic carbocycles. The monoisotopic (exact) mass is 387 g/mol. The molecule has 1 aliphatic rings. The predicted molar refractivity (Wildman–Crippen MR) is 110 cm³/mol. The van der Waals surface area contributed by atoms with Gasteiger partial charge in [-0.25, -0.2) is 4.99 Å². The Morgan fingerprint density at radius 3 is 2.75 bits per heavy atom. The van der Waals surface area contributed by atoms with Gasteiger partial charge in [0, 0.05) is 20.1 Å². The molecule has 154 valence electrons. The summed E-state index contributed by atoms with van der Waals surface area (Å²) in [6, 6.07) is 4.24. The van der Waals surface area contributed by atoms with Crippen LogP contribution in [0.15, 0.2) is 27.8 Å². The number of likely N-dealkylation sites (tertiary alicyclic amines) is 1. The fraction of sp³-hybridized carbons (Fsp3) is 0.650. The molecule has 0 bridgehead atoms. The Morgan fingerprint density at radius 1 is 1.29 bits per heavy atom. The van der Waals surface area contributed by atoms with Gasteiger partial charge in [-0.3, -0.25) is 4.90 Å². The molecule has 8 heteroatoms. The van der Waals surface area contributed by atoms with Crippen LogP contribution in [-0.2, 0) is 13.6 Å². The molecular weight excluding hydrogens is 354 g/mol. The summed E-state index contributed by atoms with van der Waals surface area (Å²) in [5, 5.41) is 15.3. The summed E-state index contributed by atoms with van der Waals surface area (Å²) in [6.45, 7) is 8.51. The van der Waals surface area contributed by atoms with Gasteiger partial charge >= 0.3 is 0 Å². The minimum absolute atomic E-state index is 0.216. The van der Waals surface area contributed by atoms with Crippen molar-refractivity contribution in [1.29, 1.82) is 0 Å². The van der Waals surface area contributed by atoms with Gasteiger partial charge in [0.05, 0.1) is 12.3 Å². The number of aliphatic imine (C=N–C) groups is 1. The number of nitrogens with one attached hydrogen (secondary N) is 2. The van der Waals surface area contributed by atoms with Gasteiger partial charge in [-0.1, -0.05) is 13.3 Å². The lowest BCUT2D eigenvalue weighted by molar-refractivity contribution is 0.215. The Morgan fingerprint density at radius 2 is 2.11 bits per heavy atom. The maximum Gasteiger partial charge on any atom is 0.191 e. The largest absolute Gasteiger partial charge is 0.468 e. The first-order valence-corrected chi connectivity index (χ1v) is 10.3. The Balaban J connectivity index is 1.66. The van der Waals surface area contributed by atoms with Crippen molar-refractivity contribution in [1.82, 2.24) is 30.3 Å². The molecule has 0 amide bonds. The number of hydrogen-bond donors (Lipinski definition) is 2. The van der Waals surface area contributed by atoms with Crippen molar-refractivity contribution in [3.8, 4) is 0 Å². The molecule has 3 heterocycles. The SMILES string of the molecule is CCCCNC(=NCc1nnc(C)n1C)NCC(c1ccco1)N1CCCC1. The molecule has 2 aromatic rings. The van der Waals surface area contributed by atoms with Crippen molar-refractivity contribution in [3.63, 3.8) is 0 Å². The number of furan rings is 1. The predicted octanol–water partition coefficient (Wildman–Crippen LogP) is 2.39. The normalized spacial score (nSPS) is 16.5. The van der Waals surface area contributed by atoms with Crippen molar-refractivity contribution in [3.05, 3.63) is 35.8 Å². The van der Waals surface area contributed by atoms with Crippen LogP contribution in [0.2, 0.25) is 0 Å². The first-order valence-electron chi connectivity index (χ1n) is 10.3. The van der Waals surface area contributed by atoms with Gasteiger partial charge in [0.2, 0.25) is 0 Å². The van der Waals surface area contributed by atoms with Gasteiger partial charge in [-0.15, -0.1) is 10.2 Å². The third-order valence-electron chi connectivity index (χ3n) is 5.30. The maximum absolute atomic E-state index is 5.72. The van der Waals surface area contributed by atoms with Crippen LogP contribution >= 0.6 is 0 Å². The zero-order chi connectivity index (χ0) is 19.8. The smallest absolute Gasteiger partial charge is 0.191 e. The molecule has 0 aromatic carbocycles. The minimum atomic E-state index is 0.216. The van der Waals surface area contributed by atoms with Crippen molar-refractivity contribution >= 4 is 5.96 Å². The second-order valence-electron chi connectivity index (χ2n) is 7.32. The highest BCUT2D eigenvalue weighted by molar-refractivity contribution is 5.79. The highest BCUT2D eigenvalue weighted by atomic mass is 16.3. The van der Waals surface area contributed by atoms with E-state index in [0.29, 0.717) is 6.54 Å². The Labute approximate surface area is 167 Å². The lowest BCUT2D eigenvalue weighted by atomic mass is 10.2. The van der Waals surface area contributed by atoms with Gasteiger partial charge in [0.15, 0.2) is 11.8 Å². The number of unbranched alkanes of at least 4 members (excludes halogenated alkanes) is 1. The molecule has 1 unspecified atom stereocenters. The van der Waals surface area contributed by atoms with E-state index in [1.165, 1.54) is 12.8 Å². The van der Waals surface area contributed by atoms with Crippen molar-refractivity contribution in [2.24, 2.45) is 12.0 Å². The molecule has 2 N–H and O–H groups in total. The standard InChI is InChI=1S/C20H33N7O/c1-4-5-10-21-20(23-15-19-25-24-16(2)26(19)3)22-14-17(18-9-8-13-28-18)27-11-6-7-12-27/h8-9,13,17H,4-7,10-12,14-15H2,1-3H3,(H2,21,22,23). The van der Waals surface area contributed by atoms with Crippen molar-refractivity contribution < 1.29 is 4.42 Å². The average Bonchev–Trinajstić information content (AvgIpc) is 3.45. The van der Waals surface area contributed by atoms with Crippen LogP contribution in [0.1, 0.15) is 56.1 Å². The number of nitrogens with zero attached hydrogens (tertiary/aromatic N) is 5. The third-order valence-corrected chi connectivity index (χ3v) is 5.30. The van der Waals surface area contributed by atoms with Gasteiger partial charge < -0.3 is 19.6 Å².